The van der Waals surface area contributed by atoms with Crippen LogP contribution in [0.3, 0.4) is 0 Å². The summed E-state index contributed by atoms with van der Waals surface area (Å²) in [5, 5.41) is 7.14. The molecule has 1 aliphatic carbocycles. The van der Waals surface area contributed by atoms with Crippen molar-refractivity contribution in [1.82, 2.24) is 10.6 Å². The molecule has 2 aromatic rings. The van der Waals surface area contributed by atoms with Gasteiger partial charge in [0.05, 0.1) is 4.91 Å². The Kier molecular flexibility index (Phi) is 7.03. The number of aryl methyl sites for hydroxylation is 1. The van der Waals surface area contributed by atoms with E-state index in [2.05, 4.69) is 41.8 Å². The molecule has 6 heteroatoms. The van der Waals surface area contributed by atoms with E-state index >= 15 is 0 Å². The van der Waals surface area contributed by atoms with Crippen LogP contribution in [0.5, 0.6) is 0 Å². The molecule has 0 radical (unpaired) electrons. The Labute approximate surface area is 192 Å². The summed E-state index contributed by atoms with van der Waals surface area (Å²) in [6, 6.07) is 16.0. The molecule has 0 aromatic heterocycles. The summed E-state index contributed by atoms with van der Waals surface area (Å²) in [5.74, 6) is -0.0249. The number of halogens is 1. The van der Waals surface area contributed by atoms with Crippen molar-refractivity contribution in [3.63, 3.8) is 0 Å². The highest BCUT2D eigenvalue weighted by Crippen LogP contribution is 2.40. The second-order valence-electron chi connectivity index (χ2n) is 8.30. The summed E-state index contributed by atoms with van der Waals surface area (Å²) in [5.41, 5.74) is 3.31. The summed E-state index contributed by atoms with van der Waals surface area (Å²) in [4.78, 5) is 26.0. The van der Waals surface area contributed by atoms with Crippen LogP contribution in [-0.2, 0) is 16.0 Å². The SMILES string of the molecule is Cc1ccc(CCNC(=O)C2CCC3S/C(=C/c4ccccc4Cl)C(=O)NC3C2)cc1. The standard InChI is InChI=1S/C25H27ClN2O2S/c1-16-6-8-17(9-7-16)12-13-27-24(29)19-10-11-22-21(14-19)28-25(30)23(31-22)15-18-4-2-3-5-20(18)26/h2-9,15,19,21-22H,10-14H2,1H3,(H,27,29)(H,28,30)/b23-15+. The number of amides is 2. The number of carbonyl (C=O) groups is 2. The van der Waals surface area contributed by atoms with E-state index in [1.54, 1.807) is 11.8 Å². The van der Waals surface area contributed by atoms with Gasteiger partial charge >= 0.3 is 0 Å². The minimum atomic E-state index is -0.0772. The Balaban J connectivity index is 1.30. The summed E-state index contributed by atoms with van der Waals surface area (Å²) in [6.45, 7) is 2.71. The van der Waals surface area contributed by atoms with Crippen molar-refractivity contribution in [1.29, 1.82) is 0 Å². The Bertz CT molecular complexity index is 989. The first-order valence-corrected chi connectivity index (χ1v) is 12.0. The van der Waals surface area contributed by atoms with Crippen LogP contribution in [0, 0.1) is 12.8 Å². The number of carbonyl (C=O) groups excluding carboxylic acids is 2. The van der Waals surface area contributed by atoms with Crippen molar-refractivity contribution in [3.05, 3.63) is 75.1 Å². The first-order valence-electron chi connectivity index (χ1n) is 10.8. The predicted octanol–water partition coefficient (Wildman–Crippen LogP) is 4.75. The summed E-state index contributed by atoms with van der Waals surface area (Å²) in [7, 11) is 0. The summed E-state index contributed by atoms with van der Waals surface area (Å²) < 4.78 is 0. The van der Waals surface area contributed by atoms with Gasteiger partial charge in [0.1, 0.15) is 0 Å². The molecule has 3 unspecified atom stereocenters. The van der Waals surface area contributed by atoms with E-state index < -0.39 is 0 Å². The van der Waals surface area contributed by atoms with Crippen molar-refractivity contribution >= 4 is 41.3 Å². The molecule has 2 amide bonds. The molecule has 1 aliphatic heterocycles. The van der Waals surface area contributed by atoms with Gasteiger partial charge in [0, 0.05) is 28.8 Å². The zero-order valence-electron chi connectivity index (χ0n) is 17.6. The number of benzene rings is 2. The van der Waals surface area contributed by atoms with Gasteiger partial charge in [-0.25, -0.2) is 0 Å². The maximum Gasteiger partial charge on any atom is 0.257 e. The minimum absolute atomic E-state index is 0.0301. The first kappa shape index (κ1) is 22.0. The Morgan fingerprint density at radius 1 is 1.19 bits per heavy atom. The molecule has 0 bridgehead atoms. The van der Waals surface area contributed by atoms with Crippen LogP contribution in [0.15, 0.2) is 53.4 Å². The predicted molar refractivity (Wildman–Crippen MR) is 128 cm³/mol. The minimum Gasteiger partial charge on any atom is -0.356 e. The van der Waals surface area contributed by atoms with E-state index in [4.69, 9.17) is 11.6 Å². The lowest BCUT2D eigenvalue weighted by Gasteiger charge is -2.39. The third kappa shape index (κ3) is 5.52. The van der Waals surface area contributed by atoms with Gasteiger partial charge in [0.15, 0.2) is 0 Å². The van der Waals surface area contributed by atoms with Gasteiger partial charge in [-0.1, -0.05) is 59.6 Å². The molecule has 162 valence electrons. The van der Waals surface area contributed by atoms with Crippen molar-refractivity contribution in [3.8, 4) is 0 Å². The molecule has 3 atom stereocenters. The van der Waals surface area contributed by atoms with Crippen molar-refractivity contribution in [2.75, 3.05) is 6.54 Å². The molecule has 4 rings (SSSR count). The van der Waals surface area contributed by atoms with E-state index in [9.17, 15) is 9.59 Å². The molecular weight excluding hydrogens is 428 g/mol. The Morgan fingerprint density at radius 3 is 2.74 bits per heavy atom. The van der Waals surface area contributed by atoms with Crippen LogP contribution in [0.25, 0.3) is 6.08 Å². The molecule has 31 heavy (non-hydrogen) atoms. The van der Waals surface area contributed by atoms with Gasteiger partial charge in [0.2, 0.25) is 5.91 Å². The molecule has 1 saturated heterocycles. The molecular formula is C25H27ClN2O2S. The van der Waals surface area contributed by atoms with Crippen LogP contribution in [-0.4, -0.2) is 29.7 Å². The monoisotopic (exact) mass is 454 g/mol. The maximum absolute atomic E-state index is 12.7. The van der Waals surface area contributed by atoms with Crippen molar-refractivity contribution in [2.45, 2.75) is 43.9 Å². The molecule has 1 saturated carbocycles. The summed E-state index contributed by atoms with van der Waals surface area (Å²) >= 11 is 7.86. The highest BCUT2D eigenvalue weighted by molar-refractivity contribution is 8.04. The molecule has 2 N–H and O–H groups in total. The van der Waals surface area contributed by atoms with E-state index in [0.717, 1.165) is 24.8 Å². The fourth-order valence-corrected chi connectivity index (χ4v) is 5.67. The lowest BCUT2D eigenvalue weighted by atomic mass is 9.84. The van der Waals surface area contributed by atoms with Gasteiger partial charge in [-0.15, -0.1) is 11.8 Å². The lowest BCUT2D eigenvalue weighted by molar-refractivity contribution is -0.127. The third-order valence-electron chi connectivity index (χ3n) is 6.00. The second-order valence-corrected chi connectivity index (χ2v) is 9.99. The number of nitrogens with one attached hydrogen (secondary N) is 2. The van der Waals surface area contributed by atoms with Gasteiger partial charge < -0.3 is 10.6 Å². The zero-order chi connectivity index (χ0) is 21.8. The van der Waals surface area contributed by atoms with Crippen LogP contribution >= 0.6 is 23.4 Å². The number of fused-ring (bicyclic) bond motifs is 1. The van der Waals surface area contributed by atoms with Gasteiger partial charge in [-0.2, -0.15) is 0 Å². The highest BCUT2D eigenvalue weighted by atomic mass is 35.5. The first-order chi connectivity index (χ1) is 15.0. The highest BCUT2D eigenvalue weighted by Gasteiger charge is 2.39. The van der Waals surface area contributed by atoms with Gasteiger partial charge in [-0.3, -0.25) is 9.59 Å². The smallest absolute Gasteiger partial charge is 0.257 e. The van der Waals surface area contributed by atoms with Gasteiger partial charge in [0.25, 0.3) is 5.91 Å². The Hall–Kier alpha value is -2.24. The van der Waals surface area contributed by atoms with Crippen molar-refractivity contribution in [2.24, 2.45) is 5.92 Å². The van der Waals surface area contributed by atoms with E-state index in [-0.39, 0.29) is 23.8 Å². The van der Waals surface area contributed by atoms with E-state index in [1.807, 2.05) is 30.3 Å². The van der Waals surface area contributed by atoms with Crippen LogP contribution in [0.4, 0.5) is 0 Å². The zero-order valence-corrected chi connectivity index (χ0v) is 19.1. The average molecular weight is 455 g/mol. The topological polar surface area (TPSA) is 58.2 Å². The molecule has 0 spiro atoms. The lowest BCUT2D eigenvalue weighted by Crippen LogP contribution is -2.51. The van der Waals surface area contributed by atoms with Gasteiger partial charge in [-0.05, 0) is 55.9 Å². The number of hydrogen-bond donors (Lipinski definition) is 2. The fourth-order valence-electron chi connectivity index (χ4n) is 4.19. The summed E-state index contributed by atoms with van der Waals surface area (Å²) in [6.07, 6.45) is 5.14. The fraction of sp³-hybridized carbons (Fsp3) is 0.360. The normalized spacial score (nSPS) is 24.4. The molecule has 4 nitrogen and oxygen atoms in total. The second kappa shape index (κ2) is 9.92. The average Bonchev–Trinajstić information content (AvgIpc) is 2.76. The molecule has 1 heterocycles. The van der Waals surface area contributed by atoms with Crippen LogP contribution in [0.2, 0.25) is 5.02 Å². The quantitative estimate of drug-likeness (QED) is 0.641. The molecule has 2 fully saturated rings. The molecule has 2 aliphatic rings. The van der Waals surface area contributed by atoms with Crippen molar-refractivity contribution < 1.29 is 9.59 Å². The number of thioether (sulfide) groups is 1. The van der Waals surface area contributed by atoms with E-state index in [1.165, 1.54) is 11.1 Å². The van der Waals surface area contributed by atoms with E-state index in [0.29, 0.717) is 28.1 Å². The number of hydrogen-bond acceptors (Lipinski definition) is 3. The maximum atomic E-state index is 12.7. The van der Waals surface area contributed by atoms with Crippen LogP contribution in [0.1, 0.15) is 36.0 Å². The number of rotatable bonds is 5. The molecule has 2 aromatic carbocycles. The van der Waals surface area contributed by atoms with Crippen LogP contribution < -0.4 is 10.6 Å². The largest absolute Gasteiger partial charge is 0.356 e. The Morgan fingerprint density at radius 2 is 1.97 bits per heavy atom. The third-order valence-corrected chi connectivity index (χ3v) is 7.77.